The molecule has 7 nitrogen and oxygen atoms in total. The highest BCUT2D eigenvalue weighted by atomic mass is 35.5. The highest BCUT2D eigenvalue weighted by molar-refractivity contribution is 7.92. The standard InChI is InChI=1S/C20H22Cl3N3O4S/c1-13(20(28)24-2)25(11-14-4-9-17(22)18(23)10-14)19(27)12-26(31(3,29)30)16-7-5-15(21)6-8-16/h4-10,13H,11-12H2,1-3H3,(H,24,28). The summed E-state index contributed by atoms with van der Waals surface area (Å²) in [6.07, 6.45) is 1.00. The number of halogens is 3. The minimum atomic E-state index is -3.79. The van der Waals surface area contributed by atoms with Crippen molar-refractivity contribution in [3.8, 4) is 0 Å². The van der Waals surface area contributed by atoms with Gasteiger partial charge in [0.05, 0.1) is 22.0 Å². The van der Waals surface area contributed by atoms with Gasteiger partial charge in [0.25, 0.3) is 0 Å². The molecule has 2 amide bonds. The van der Waals surface area contributed by atoms with Crippen LogP contribution >= 0.6 is 34.8 Å². The molecule has 0 spiro atoms. The van der Waals surface area contributed by atoms with Gasteiger partial charge in [-0.2, -0.15) is 0 Å². The number of hydrogen-bond acceptors (Lipinski definition) is 4. The Morgan fingerprint density at radius 1 is 1.03 bits per heavy atom. The van der Waals surface area contributed by atoms with Crippen LogP contribution in [0.15, 0.2) is 42.5 Å². The van der Waals surface area contributed by atoms with Crippen LogP contribution in [0.3, 0.4) is 0 Å². The minimum absolute atomic E-state index is 0.0303. The first-order valence-electron chi connectivity index (χ1n) is 9.12. The monoisotopic (exact) mass is 505 g/mol. The molecule has 0 radical (unpaired) electrons. The summed E-state index contributed by atoms with van der Waals surface area (Å²) in [7, 11) is -2.34. The molecule has 1 N–H and O–H groups in total. The largest absolute Gasteiger partial charge is 0.357 e. The van der Waals surface area contributed by atoms with Gasteiger partial charge in [0.1, 0.15) is 12.6 Å². The number of nitrogens with zero attached hydrogens (tertiary/aromatic N) is 2. The van der Waals surface area contributed by atoms with Crippen LogP contribution in [0, 0.1) is 0 Å². The van der Waals surface area contributed by atoms with E-state index in [1.807, 2.05) is 0 Å². The molecule has 0 aromatic heterocycles. The van der Waals surface area contributed by atoms with Gasteiger partial charge in [0, 0.05) is 18.6 Å². The molecule has 0 saturated carbocycles. The number of amides is 2. The fourth-order valence-electron chi connectivity index (χ4n) is 2.85. The zero-order chi connectivity index (χ0) is 23.3. The SMILES string of the molecule is CNC(=O)C(C)N(Cc1ccc(Cl)c(Cl)c1)C(=O)CN(c1ccc(Cl)cc1)S(C)(=O)=O. The van der Waals surface area contributed by atoms with E-state index >= 15 is 0 Å². The first kappa shape index (κ1) is 25.3. The summed E-state index contributed by atoms with van der Waals surface area (Å²) in [6.45, 7) is 1.09. The molecule has 31 heavy (non-hydrogen) atoms. The van der Waals surface area contributed by atoms with E-state index in [0.717, 1.165) is 10.6 Å². The lowest BCUT2D eigenvalue weighted by molar-refractivity contribution is -0.139. The van der Waals surface area contributed by atoms with E-state index in [2.05, 4.69) is 5.32 Å². The Kier molecular flexibility index (Phi) is 8.59. The van der Waals surface area contributed by atoms with Gasteiger partial charge in [-0.1, -0.05) is 40.9 Å². The van der Waals surface area contributed by atoms with Crippen LogP contribution in [-0.4, -0.2) is 51.0 Å². The van der Waals surface area contributed by atoms with Crippen LogP contribution in [0.5, 0.6) is 0 Å². The summed E-state index contributed by atoms with van der Waals surface area (Å²) in [5, 5.41) is 3.59. The van der Waals surface area contributed by atoms with Gasteiger partial charge < -0.3 is 10.2 Å². The third-order valence-electron chi connectivity index (χ3n) is 4.54. The summed E-state index contributed by atoms with van der Waals surface area (Å²) in [5.41, 5.74) is 0.915. The summed E-state index contributed by atoms with van der Waals surface area (Å²) in [5.74, 6) is -0.964. The van der Waals surface area contributed by atoms with Crippen molar-refractivity contribution in [2.24, 2.45) is 0 Å². The fraction of sp³-hybridized carbons (Fsp3) is 0.300. The summed E-state index contributed by atoms with van der Waals surface area (Å²) in [4.78, 5) is 26.8. The Balaban J connectivity index is 2.38. The molecular weight excluding hydrogens is 485 g/mol. The van der Waals surface area contributed by atoms with Crippen LogP contribution in [0.1, 0.15) is 12.5 Å². The first-order chi connectivity index (χ1) is 14.4. The van der Waals surface area contributed by atoms with Crippen LogP contribution < -0.4 is 9.62 Å². The zero-order valence-corrected chi connectivity index (χ0v) is 20.2. The van der Waals surface area contributed by atoms with Crippen molar-refractivity contribution < 1.29 is 18.0 Å². The fourth-order valence-corrected chi connectivity index (χ4v) is 4.14. The van der Waals surface area contributed by atoms with Crippen LogP contribution in [-0.2, 0) is 26.2 Å². The van der Waals surface area contributed by atoms with Gasteiger partial charge in [0.2, 0.25) is 21.8 Å². The molecule has 2 aromatic carbocycles. The maximum Gasteiger partial charge on any atom is 0.244 e. The second-order valence-electron chi connectivity index (χ2n) is 6.81. The molecule has 0 fully saturated rings. The molecule has 1 unspecified atom stereocenters. The van der Waals surface area contributed by atoms with Gasteiger partial charge in [-0.25, -0.2) is 8.42 Å². The molecule has 0 aliphatic rings. The molecule has 0 bridgehead atoms. The van der Waals surface area contributed by atoms with E-state index in [-0.39, 0.29) is 12.2 Å². The van der Waals surface area contributed by atoms with E-state index in [1.54, 1.807) is 25.1 Å². The highest BCUT2D eigenvalue weighted by Crippen LogP contribution is 2.25. The average molecular weight is 507 g/mol. The molecule has 0 heterocycles. The lowest BCUT2D eigenvalue weighted by atomic mass is 10.1. The molecule has 2 aromatic rings. The van der Waals surface area contributed by atoms with E-state index < -0.39 is 34.4 Å². The smallest absolute Gasteiger partial charge is 0.244 e. The van der Waals surface area contributed by atoms with Crippen molar-refractivity contribution >= 4 is 62.3 Å². The van der Waals surface area contributed by atoms with Crippen molar-refractivity contribution in [2.45, 2.75) is 19.5 Å². The molecular formula is C20H22Cl3N3O4S. The number of benzene rings is 2. The highest BCUT2D eigenvalue weighted by Gasteiger charge is 2.29. The second-order valence-corrected chi connectivity index (χ2v) is 9.96. The molecule has 0 saturated heterocycles. The summed E-state index contributed by atoms with van der Waals surface area (Å²) < 4.78 is 25.7. The first-order valence-corrected chi connectivity index (χ1v) is 12.1. The summed E-state index contributed by atoms with van der Waals surface area (Å²) >= 11 is 17.9. The van der Waals surface area contributed by atoms with E-state index in [9.17, 15) is 18.0 Å². The summed E-state index contributed by atoms with van der Waals surface area (Å²) in [6, 6.07) is 10.1. The third-order valence-corrected chi connectivity index (χ3v) is 6.68. The lowest BCUT2D eigenvalue weighted by Gasteiger charge is -2.31. The van der Waals surface area contributed by atoms with Crippen molar-refractivity contribution in [3.63, 3.8) is 0 Å². The maximum atomic E-state index is 13.2. The Bertz CT molecular complexity index is 1060. The normalized spacial score (nSPS) is 12.2. The quantitative estimate of drug-likeness (QED) is 0.593. The van der Waals surface area contributed by atoms with Crippen LogP contribution in [0.25, 0.3) is 0 Å². The van der Waals surface area contributed by atoms with Crippen LogP contribution in [0.2, 0.25) is 15.1 Å². The topological polar surface area (TPSA) is 86.8 Å². The maximum absolute atomic E-state index is 13.2. The van der Waals surface area contributed by atoms with Gasteiger partial charge in [0.15, 0.2) is 0 Å². The number of sulfonamides is 1. The van der Waals surface area contributed by atoms with Crippen molar-refractivity contribution in [1.29, 1.82) is 0 Å². The van der Waals surface area contributed by atoms with E-state index in [0.29, 0.717) is 20.6 Å². The van der Waals surface area contributed by atoms with Crippen molar-refractivity contribution in [2.75, 3.05) is 24.2 Å². The van der Waals surface area contributed by atoms with Gasteiger partial charge in [-0.3, -0.25) is 13.9 Å². The van der Waals surface area contributed by atoms with E-state index in [1.165, 1.54) is 36.2 Å². The number of anilines is 1. The third kappa shape index (κ3) is 6.74. The molecule has 0 aliphatic heterocycles. The Morgan fingerprint density at radius 2 is 1.65 bits per heavy atom. The number of rotatable bonds is 8. The molecule has 2 rings (SSSR count). The number of nitrogens with one attached hydrogen (secondary N) is 1. The van der Waals surface area contributed by atoms with Gasteiger partial charge >= 0.3 is 0 Å². The van der Waals surface area contributed by atoms with Crippen LogP contribution in [0.4, 0.5) is 5.69 Å². The second kappa shape index (κ2) is 10.5. The Morgan fingerprint density at radius 3 is 2.16 bits per heavy atom. The number of likely N-dealkylation sites (N-methyl/N-ethyl adjacent to an activating group) is 1. The molecule has 168 valence electrons. The Labute approximate surface area is 196 Å². The molecule has 11 heteroatoms. The van der Waals surface area contributed by atoms with Gasteiger partial charge in [-0.05, 0) is 48.9 Å². The van der Waals surface area contributed by atoms with Crippen molar-refractivity contribution in [3.05, 3.63) is 63.1 Å². The number of carbonyl (C=O) groups excluding carboxylic acids is 2. The lowest BCUT2D eigenvalue weighted by Crippen LogP contribution is -2.50. The Hall–Kier alpha value is -2.00. The van der Waals surface area contributed by atoms with E-state index in [4.69, 9.17) is 34.8 Å². The number of carbonyl (C=O) groups is 2. The average Bonchev–Trinajstić information content (AvgIpc) is 2.71. The predicted molar refractivity (Wildman–Crippen MR) is 124 cm³/mol. The molecule has 0 aliphatic carbocycles. The van der Waals surface area contributed by atoms with Gasteiger partial charge in [-0.15, -0.1) is 0 Å². The number of hydrogen-bond donors (Lipinski definition) is 1. The minimum Gasteiger partial charge on any atom is -0.357 e. The zero-order valence-electron chi connectivity index (χ0n) is 17.1. The predicted octanol–water partition coefficient (Wildman–Crippen LogP) is 3.58. The molecule has 1 atom stereocenters. The van der Waals surface area contributed by atoms with Crippen molar-refractivity contribution in [1.82, 2.24) is 10.2 Å².